The van der Waals surface area contributed by atoms with E-state index in [2.05, 4.69) is 62.4 Å². The van der Waals surface area contributed by atoms with E-state index in [-0.39, 0.29) is 22.3 Å². The molecule has 2 aliphatic rings. The number of hydrogen-bond donors (Lipinski definition) is 0. The second-order valence-corrected chi connectivity index (χ2v) is 11.5. The van der Waals surface area contributed by atoms with E-state index in [0.717, 1.165) is 16.7 Å². The lowest BCUT2D eigenvalue weighted by Gasteiger charge is -2.37. The maximum atomic E-state index is 14.9. The number of fused-ring (bicyclic) bond motifs is 2. The van der Waals surface area contributed by atoms with Gasteiger partial charge in [0.1, 0.15) is 5.60 Å². The Morgan fingerprint density at radius 3 is 2.00 bits per heavy atom. The first kappa shape index (κ1) is 20.6. The number of hydrogen-bond acceptors (Lipinski definition) is 1. The Bertz CT molecular complexity index is 994. The van der Waals surface area contributed by atoms with Gasteiger partial charge in [0.15, 0.2) is 26.3 Å². The highest BCUT2D eigenvalue weighted by Gasteiger charge is 2.48. The number of ether oxygens (including phenoxy) is 1. The number of rotatable bonds is 6. The molecule has 5 rings (SSSR count). The highest BCUT2D eigenvalue weighted by atomic mass is 32.2. The van der Waals surface area contributed by atoms with Gasteiger partial charge >= 0.3 is 0 Å². The van der Waals surface area contributed by atoms with Gasteiger partial charge < -0.3 is 4.74 Å². The van der Waals surface area contributed by atoms with Gasteiger partial charge in [0.05, 0.1) is 10.9 Å². The van der Waals surface area contributed by atoms with Gasteiger partial charge in [0, 0.05) is 12.0 Å². The molecular weight excluding hydrogens is 403 g/mol. The van der Waals surface area contributed by atoms with E-state index in [1.165, 1.54) is 35.5 Å². The minimum absolute atomic E-state index is 0.273. The van der Waals surface area contributed by atoms with Crippen LogP contribution in [0.15, 0.2) is 93.5 Å². The summed E-state index contributed by atoms with van der Waals surface area (Å²) in [7, 11) is -0.312. The molecule has 0 radical (unpaired) electrons. The van der Waals surface area contributed by atoms with E-state index in [1.807, 2.05) is 24.3 Å². The normalized spacial score (nSPS) is 22.8. The van der Waals surface area contributed by atoms with Crippen LogP contribution in [-0.4, -0.2) is 5.60 Å². The van der Waals surface area contributed by atoms with Crippen molar-refractivity contribution in [2.45, 2.75) is 59.8 Å². The summed E-state index contributed by atoms with van der Waals surface area (Å²) in [4.78, 5) is 3.52. The van der Waals surface area contributed by atoms with Crippen LogP contribution in [0.5, 0.6) is 5.75 Å². The third kappa shape index (κ3) is 4.13. The van der Waals surface area contributed by atoms with E-state index in [0.29, 0.717) is 11.7 Å². The van der Waals surface area contributed by atoms with E-state index >= 15 is 0 Å². The highest BCUT2D eigenvalue weighted by molar-refractivity contribution is 7.97. The van der Waals surface area contributed by atoms with Crippen molar-refractivity contribution in [3.63, 3.8) is 0 Å². The van der Waals surface area contributed by atoms with E-state index in [1.54, 1.807) is 6.07 Å². The molecule has 0 aromatic heterocycles. The zero-order valence-electron chi connectivity index (χ0n) is 18.3. The Morgan fingerprint density at radius 1 is 0.806 bits per heavy atom. The molecule has 0 heterocycles. The molecule has 2 bridgehead atoms. The van der Waals surface area contributed by atoms with E-state index in [9.17, 15) is 4.39 Å². The van der Waals surface area contributed by atoms with Gasteiger partial charge in [-0.15, -0.1) is 0 Å². The van der Waals surface area contributed by atoms with Crippen molar-refractivity contribution in [3.05, 3.63) is 84.7 Å². The average Bonchev–Trinajstić information content (AvgIpc) is 3.42. The minimum Gasteiger partial charge on any atom is -0.484 e. The smallest absolute Gasteiger partial charge is 0.170 e. The van der Waals surface area contributed by atoms with Crippen LogP contribution in [0.3, 0.4) is 0 Å². The van der Waals surface area contributed by atoms with Crippen LogP contribution in [0.25, 0.3) is 0 Å². The summed E-state index contributed by atoms with van der Waals surface area (Å²) in [6.45, 7) is 4.30. The zero-order valence-corrected chi connectivity index (χ0v) is 19.1. The molecule has 3 aromatic rings. The summed E-state index contributed by atoms with van der Waals surface area (Å²) in [5.41, 5.74) is -0.364. The van der Waals surface area contributed by atoms with Gasteiger partial charge in [0.2, 0.25) is 0 Å². The summed E-state index contributed by atoms with van der Waals surface area (Å²) >= 11 is 0. The fraction of sp³-hybridized carbons (Fsp3) is 0.357. The SMILES string of the molecule is CC(C)(Oc1cc([S+](c2ccccc2)c2ccccc2)ccc1F)C1CC2CCC1C2. The molecule has 2 fully saturated rings. The summed E-state index contributed by atoms with van der Waals surface area (Å²) in [5, 5.41) is 0. The van der Waals surface area contributed by atoms with Crippen LogP contribution in [0.1, 0.15) is 39.5 Å². The fourth-order valence-electron chi connectivity index (χ4n) is 5.67. The van der Waals surface area contributed by atoms with Crippen molar-refractivity contribution in [2.75, 3.05) is 0 Å². The summed E-state index contributed by atoms with van der Waals surface area (Å²) < 4.78 is 21.4. The summed E-state index contributed by atoms with van der Waals surface area (Å²) in [6.07, 6.45) is 5.21. The zero-order chi connectivity index (χ0) is 21.4. The molecule has 3 heteroatoms. The van der Waals surface area contributed by atoms with Gasteiger partial charge in [0.25, 0.3) is 0 Å². The molecule has 0 spiro atoms. The third-order valence-corrected chi connectivity index (χ3v) is 9.31. The lowest BCUT2D eigenvalue weighted by Crippen LogP contribution is -2.40. The highest BCUT2D eigenvalue weighted by Crippen LogP contribution is 2.53. The molecule has 3 unspecified atom stereocenters. The van der Waals surface area contributed by atoms with Gasteiger partial charge in [-0.2, -0.15) is 0 Å². The molecule has 160 valence electrons. The first-order valence-corrected chi connectivity index (χ1v) is 12.6. The number of halogens is 1. The molecule has 0 saturated heterocycles. The van der Waals surface area contributed by atoms with Crippen molar-refractivity contribution in [3.8, 4) is 5.75 Å². The van der Waals surface area contributed by atoms with Crippen LogP contribution in [0.4, 0.5) is 4.39 Å². The summed E-state index contributed by atoms with van der Waals surface area (Å²) in [5.74, 6) is 2.20. The Labute approximate surface area is 188 Å². The van der Waals surface area contributed by atoms with Crippen molar-refractivity contribution in [2.24, 2.45) is 17.8 Å². The van der Waals surface area contributed by atoms with Crippen LogP contribution in [0, 0.1) is 23.6 Å². The van der Waals surface area contributed by atoms with Gasteiger partial charge in [-0.3, -0.25) is 0 Å². The largest absolute Gasteiger partial charge is 0.484 e. The standard InChI is InChI=1S/C28H30FOS/c1-28(2,25-18-20-13-14-21(25)17-20)30-27-19-24(15-16-26(27)29)31(22-9-5-3-6-10-22)23-11-7-4-8-12-23/h3-12,15-16,19-21,25H,13-14,17-18H2,1-2H3/q+1. The van der Waals surface area contributed by atoms with Crippen molar-refractivity contribution in [1.82, 2.24) is 0 Å². The Kier molecular flexibility index (Phi) is 5.56. The Morgan fingerprint density at radius 2 is 1.45 bits per heavy atom. The predicted octanol–water partition coefficient (Wildman–Crippen LogP) is 7.51. The second kappa shape index (κ2) is 8.35. The molecule has 3 aromatic carbocycles. The van der Waals surface area contributed by atoms with Crippen molar-refractivity contribution >= 4 is 10.9 Å². The lowest BCUT2D eigenvalue weighted by atomic mass is 9.78. The Hall–Kier alpha value is -2.26. The van der Waals surface area contributed by atoms with Gasteiger partial charge in [-0.05, 0) is 81.3 Å². The first-order valence-electron chi connectivity index (χ1n) is 11.3. The maximum absolute atomic E-state index is 14.9. The molecule has 0 amide bonds. The van der Waals surface area contributed by atoms with Gasteiger partial charge in [-0.25, -0.2) is 4.39 Å². The first-order chi connectivity index (χ1) is 15.0. The molecule has 2 aliphatic carbocycles. The van der Waals surface area contributed by atoms with Gasteiger partial charge in [-0.1, -0.05) is 42.8 Å². The number of benzene rings is 3. The molecule has 31 heavy (non-hydrogen) atoms. The molecule has 0 N–H and O–H groups in total. The molecule has 1 nitrogen and oxygen atoms in total. The molecular formula is C28H30FOS+. The second-order valence-electron chi connectivity index (χ2n) is 9.51. The Balaban J connectivity index is 1.49. The predicted molar refractivity (Wildman–Crippen MR) is 125 cm³/mol. The fourth-order valence-corrected chi connectivity index (χ4v) is 7.77. The molecule has 0 aliphatic heterocycles. The lowest BCUT2D eigenvalue weighted by molar-refractivity contribution is 0.0129. The average molecular weight is 434 g/mol. The van der Waals surface area contributed by atoms with Crippen molar-refractivity contribution in [1.29, 1.82) is 0 Å². The third-order valence-electron chi connectivity index (χ3n) is 7.10. The van der Waals surface area contributed by atoms with Crippen LogP contribution in [0.2, 0.25) is 0 Å². The van der Waals surface area contributed by atoms with Crippen LogP contribution < -0.4 is 4.74 Å². The minimum atomic E-state index is -0.364. The van der Waals surface area contributed by atoms with Crippen LogP contribution >= 0.6 is 0 Å². The summed E-state index contributed by atoms with van der Waals surface area (Å²) in [6, 6.07) is 26.4. The maximum Gasteiger partial charge on any atom is 0.170 e. The van der Waals surface area contributed by atoms with Crippen molar-refractivity contribution < 1.29 is 9.13 Å². The quantitative estimate of drug-likeness (QED) is 0.365. The van der Waals surface area contributed by atoms with Crippen LogP contribution in [-0.2, 0) is 10.9 Å². The van der Waals surface area contributed by atoms with E-state index in [4.69, 9.17) is 4.74 Å². The molecule has 3 atom stereocenters. The van der Waals surface area contributed by atoms with E-state index < -0.39 is 0 Å². The molecule has 2 saturated carbocycles. The monoisotopic (exact) mass is 433 g/mol. The topological polar surface area (TPSA) is 9.23 Å².